The van der Waals surface area contributed by atoms with E-state index in [-0.39, 0.29) is 12.0 Å². The number of aliphatic hydroxyl groups is 2. The van der Waals surface area contributed by atoms with Crippen molar-refractivity contribution in [3.8, 4) is 0 Å². The minimum atomic E-state index is -2.41. The number of carbonyl (C=O) groups excluding carboxylic acids is 1. The van der Waals surface area contributed by atoms with Gasteiger partial charge in [0.1, 0.15) is 0 Å². The molecule has 100 valence electrons. The first-order valence-electron chi connectivity index (χ1n) is 6.53. The van der Waals surface area contributed by atoms with E-state index in [1.54, 1.807) is 18.2 Å². The molecular formula is C16H18O3. The molecule has 0 saturated heterocycles. The lowest BCUT2D eigenvalue weighted by molar-refractivity contribution is -0.186. The smallest absolute Gasteiger partial charge is 0.252 e. The van der Waals surface area contributed by atoms with Crippen molar-refractivity contribution in [3.63, 3.8) is 0 Å². The van der Waals surface area contributed by atoms with Crippen LogP contribution in [0.5, 0.6) is 0 Å². The molecule has 0 radical (unpaired) electrons. The van der Waals surface area contributed by atoms with Gasteiger partial charge in [-0.2, -0.15) is 0 Å². The maximum atomic E-state index is 12.0. The summed E-state index contributed by atoms with van der Waals surface area (Å²) in [5, 5.41) is 21.9. The first kappa shape index (κ1) is 13.7. The molecule has 2 aromatic carbocycles. The molecular weight excluding hydrogens is 240 g/mol. The van der Waals surface area contributed by atoms with Gasteiger partial charge >= 0.3 is 0 Å². The van der Waals surface area contributed by atoms with E-state index >= 15 is 0 Å². The zero-order valence-corrected chi connectivity index (χ0v) is 11.0. The molecule has 0 aromatic heterocycles. The van der Waals surface area contributed by atoms with Crippen LogP contribution in [0.3, 0.4) is 0 Å². The normalized spacial score (nSPS) is 11.7. The van der Waals surface area contributed by atoms with E-state index < -0.39 is 11.6 Å². The van der Waals surface area contributed by atoms with Crippen LogP contribution in [0.2, 0.25) is 0 Å². The van der Waals surface area contributed by atoms with Crippen LogP contribution in [-0.2, 0) is 10.6 Å². The lowest BCUT2D eigenvalue weighted by Crippen LogP contribution is -2.35. The molecule has 0 atom stereocenters. The van der Waals surface area contributed by atoms with Crippen LogP contribution in [0, 0.1) is 0 Å². The number of rotatable bonds is 5. The van der Waals surface area contributed by atoms with Gasteiger partial charge in [0.25, 0.3) is 5.79 Å². The van der Waals surface area contributed by atoms with Crippen molar-refractivity contribution >= 4 is 16.6 Å². The minimum absolute atomic E-state index is 0.173. The maximum Gasteiger partial charge on any atom is 0.252 e. The molecule has 0 bridgehead atoms. The molecule has 19 heavy (non-hydrogen) atoms. The number of benzene rings is 2. The van der Waals surface area contributed by atoms with Crippen molar-refractivity contribution in [2.75, 3.05) is 0 Å². The van der Waals surface area contributed by atoms with Crippen molar-refractivity contribution in [1.82, 2.24) is 0 Å². The molecule has 2 aromatic rings. The molecule has 3 nitrogen and oxygen atoms in total. The maximum absolute atomic E-state index is 12.0. The Bertz CT molecular complexity index is 582. The molecule has 0 unspecified atom stereocenters. The van der Waals surface area contributed by atoms with E-state index in [0.717, 1.165) is 11.8 Å². The lowest BCUT2D eigenvalue weighted by Gasteiger charge is -2.22. The molecule has 2 rings (SSSR count). The molecule has 0 amide bonds. The Hall–Kier alpha value is -1.71. The molecule has 0 saturated carbocycles. The third kappa shape index (κ3) is 2.67. The predicted octanol–water partition coefficient (Wildman–Crippen LogP) is 2.74. The van der Waals surface area contributed by atoms with Crippen LogP contribution in [0.25, 0.3) is 10.8 Å². The van der Waals surface area contributed by atoms with Crippen molar-refractivity contribution < 1.29 is 15.0 Å². The number of ketones is 1. The summed E-state index contributed by atoms with van der Waals surface area (Å²) in [5.41, 5.74) is 0.256. The zero-order valence-electron chi connectivity index (χ0n) is 11.0. The van der Waals surface area contributed by atoms with Crippen LogP contribution < -0.4 is 0 Å². The molecule has 0 aliphatic carbocycles. The first-order chi connectivity index (χ1) is 9.07. The Kier molecular flexibility index (Phi) is 3.98. The van der Waals surface area contributed by atoms with Crippen molar-refractivity contribution in [2.24, 2.45) is 0 Å². The van der Waals surface area contributed by atoms with Gasteiger partial charge in [-0.25, -0.2) is 0 Å². The molecule has 3 heteroatoms. The number of fused-ring (bicyclic) bond motifs is 1. The van der Waals surface area contributed by atoms with Crippen LogP contribution in [-0.4, -0.2) is 16.0 Å². The number of unbranched alkanes of at least 4 members (excludes halogenated alkanes) is 1. The van der Waals surface area contributed by atoms with E-state index in [9.17, 15) is 15.0 Å². The Morgan fingerprint density at radius 2 is 1.79 bits per heavy atom. The van der Waals surface area contributed by atoms with Crippen LogP contribution in [0.4, 0.5) is 0 Å². The summed E-state index contributed by atoms with van der Waals surface area (Å²) in [7, 11) is 0. The fourth-order valence-corrected chi connectivity index (χ4v) is 2.19. The van der Waals surface area contributed by atoms with E-state index in [0.29, 0.717) is 11.8 Å². The van der Waals surface area contributed by atoms with Gasteiger partial charge in [-0.15, -0.1) is 0 Å². The summed E-state index contributed by atoms with van der Waals surface area (Å²) in [6.07, 6.45) is 1.68. The zero-order chi connectivity index (χ0) is 13.9. The van der Waals surface area contributed by atoms with Gasteiger partial charge in [-0.3, -0.25) is 4.79 Å². The summed E-state index contributed by atoms with van der Waals surface area (Å²) in [5.74, 6) is -2.96. The SMILES string of the molecule is CCCCC(=O)C(O)(O)c1cccc2ccccc12. The quantitative estimate of drug-likeness (QED) is 0.811. The summed E-state index contributed by atoms with van der Waals surface area (Å²) in [6.45, 7) is 1.96. The highest BCUT2D eigenvalue weighted by Crippen LogP contribution is 2.29. The minimum Gasteiger partial charge on any atom is -0.356 e. The number of carbonyl (C=O) groups is 1. The summed E-state index contributed by atoms with van der Waals surface area (Å²) in [6, 6.07) is 12.6. The lowest BCUT2D eigenvalue weighted by atomic mass is 9.93. The first-order valence-corrected chi connectivity index (χ1v) is 6.53. The van der Waals surface area contributed by atoms with Crippen LogP contribution >= 0.6 is 0 Å². The highest BCUT2D eigenvalue weighted by Gasteiger charge is 2.35. The van der Waals surface area contributed by atoms with E-state index in [1.165, 1.54) is 0 Å². The van der Waals surface area contributed by atoms with Crippen molar-refractivity contribution in [1.29, 1.82) is 0 Å². The Labute approximate surface area is 112 Å². The molecule has 0 fully saturated rings. The Morgan fingerprint density at radius 3 is 2.53 bits per heavy atom. The molecule has 0 aliphatic rings. The average Bonchev–Trinajstić information content (AvgIpc) is 2.43. The summed E-state index contributed by atoms with van der Waals surface area (Å²) >= 11 is 0. The monoisotopic (exact) mass is 258 g/mol. The van der Waals surface area contributed by atoms with Gasteiger partial charge < -0.3 is 10.2 Å². The van der Waals surface area contributed by atoms with Gasteiger partial charge in [0, 0.05) is 12.0 Å². The fourth-order valence-electron chi connectivity index (χ4n) is 2.19. The van der Waals surface area contributed by atoms with E-state index in [1.807, 2.05) is 31.2 Å². The van der Waals surface area contributed by atoms with E-state index in [2.05, 4.69) is 0 Å². The third-order valence-electron chi connectivity index (χ3n) is 3.31. The second-order valence-corrected chi connectivity index (χ2v) is 4.73. The molecule has 0 aliphatic heterocycles. The Morgan fingerprint density at radius 1 is 1.11 bits per heavy atom. The second kappa shape index (κ2) is 5.51. The average molecular weight is 258 g/mol. The highest BCUT2D eigenvalue weighted by atomic mass is 16.5. The van der Waals surface area contributed by atoms with Crippen molar-refractivity contribution in [2.45, 2.75) is 32.0 Å². The van der Waals surface area contributed by atoms with Crippen molar-refractivity contribution in [3.05, 3.63) is 48.0 Å². The van der Waals surface area contributed by atoms with Gasteiger partial charge in [-0.05, 0) is 17.2 Å². The van der Waals surface area contributed by atoms with Crippen LogP contribution in [0.15, 0.2) is 42.5 Å². The molecule has 0 spiro atoms. The predicted molar refractivity (Wildman–Crippen MR) is 74.6 cm³/mol. The summed E-state index contributed by atoms with van der Waals surface area (Å²) in [4.78, 5) is 12.0. The topological polar surface area (TPSA) is 57.5 Å². The fraction of sp³-hybridized carbons (Fsp3) is 0.312. The number of Topliss-reactive ketones (excluding diaryl/α,β-unsaturated/α-hetero) is 1. The molecule has 0 heterocycles. The van der Waals surface area contributed by atoms with Gasteiger partial charge in [0.05, 0.1) is 0 Å². The number of hydrogen-bond acceptors (Lipinski definition) is 3. The third-order valence-corrected chi connectivity index (χ3v) is 3.31. The van der Waals surface area contributed by atoms with Gasteiger partial charge in [0.2, 0.25) is 0 Å². The van der Waals surface area contributed by atoms with Gasteiger partial charge in [0.15, 0.2) is 5.78 Å². The largest absolute Gasteiger partial charge is 0.356 e. The highest BCUT2D eigenvalue weighted by molar-refractivity contribution is 5.94. The number of hydrogen-bond donors (Lipinski definition) is 2. The standard InChI is InChI=1S/C16H18O3/c1-2-3-11-15(17)16(18,19)14-10-6-8-12-7-4-5-9-13(12)14/h4-10,18-19H,2-3,11H2,1H3. The van der Waals surface area contributed by atoms with E-state index in [4.69, 9.17) is 0 Å². The second-order valence-electron chi connectivity index (χ2n) is 4.73. The van der Waals surface area contributed by atoms with Gasteiger partial charge in [-0.1, -0.05) is 55.8 Å². The Balaban J connectivity index is 2.45. The summed E-state index contributed by atoms with van der Waals surface area (Å²) < 4.78 is 0. The molecule has 2 N–H and O–H groups in total. The van der Waals surface area contributed by atoms with Crippen LogP contribution in [0.1, 0.15) is 31.7 Å².